The van der Waals surface area contributed by atoms with Crippen molar-refractivity contribution in [2.24, 2.45) is 0 Å². The second-order valence-corrected chi connectivity index (χ2v) is 3.31. The maximum absolute atomic E-state index is 5.61. The summed E-state index contributed by atoms with van der Waals surface area (Å²) in [4.78, 5) is 0. The van der Waals surface area contributed by atoms with E-state index < -0.39 is 0 Å². The Morgan fingerprint density at radius 1 is 1.33 bits per heavy atom. The predicted octanol–water partition coefficient (Wildman–Crippen LogP) is 2.66. The predicted molar refractivity (Wildman–Crippen MR) is 67.1 cm³/mol. The zero-order chi connectivity index (χ0) is 10.2. The molecule has 0 saturated carbocycles. The number of aryl methyl sites for hydroxylation is 1. The summed E-state index contributed by atoms with van der Waals surface area (Å²) in [6, 6.07) is 8.30. The maximum atomic E-state index is 5.61. The van der Waals surface area contributed by atoms with Gasteiger partial charge < -0.3 is 10.1 Å². The van der Waals surface area contributed by atoms with Gasteiger partial charge in [0.25, 0.3) is 0 Å². The van der Waals surface area contributed by atoms with Crippen molar-refractivity contribution in [1.29, 1.82) is 0 Å². The van der Waals surface area contributed by atoms with Gasteiger partial charge in [-0.2, -0.15) is 0 Å². The average Bonchev–Trinajstić information content (AvgIpc) is 2.25. The molecular weight excluding hydrogens is 210 g/mol. The molecule has 0 heterocycles. The number of nitrogens with one attached hydrogen (secondary N) is 1. The smallest absolute Gasteiger partial charge is 0.119 e. The third-order valence-corrected chi connectivity index (χ3v) is 2.15. The Morgan fingerprint density at radius 2 is 2.13 bits per heavy atom. The first-order chi connectivity index (χ1) is 6.86. The largest absolute Gasteiger partial charge is 0.494 e. The molecule has 1 aromatic rings. The minimum atomic E-state index is 0. The monoisotopic (exact) mass is 229 g/mol. The third kappa shape index (κ3) is 5.65. The number of hydrogen-bond donors (Lipinski definition) is 1. The van der Waals surface area contributed by atoms with Crippen molar-refractivity contribution < 1.29 is 4.74 Å². The van der Waals surface area contributed by atoms with Crippen LogP contribution in [0.4, 0.5) is 0 Å². The molecule has 0 radical (unpaired) electrons. The molecule has 1 N–H and O–H groups in total. The SMILES string of the molecule is CCc1cccc(OCCCNC)c1.Cl. The lowest BCUT2D eigenvalue weighted by molar-refractivity contribution is 0.309. The highest BCUT2D eigenvalue weighted by Crippen LogP contribution is 2.13. The molecule has 15 heavy (non-hydrogen) atoms. The lowest BCUT2D eigenvalue weighted by Gasteiger charge is -2.06. The fourth-order valence-electron chi connectivity index (χ4n) is 1.29. The number of hydrogen-bond acceptors (Lipinski definition) is 2. The first kappa shape index (κ1) is 14.3. The van der Waals surface area contributed by atoms with E-state index in [0.29, 0.717) is 0 Å². The zero-order valence-corrected chi connectivity index (χ0v) is 10.3. The van der Waals surface area contributed by atoms with E-state index in [4.69, 9.17) is 4.74 Å². The highest BCUT2D eigenvalue weighted by Gasteiger charge is 1.94. The maximum Gasteiger partial charge on any atom is 0.119 e. The third-order valence-electron chi connectivity index (χ3n) is 2.15. The summed E-state index contributed by atoms with van der Waals surface area (Å²) >= 11 is 0. The Morgan fingerprint density at radius 3 is 2.80 bits per heavy atom. The number of ether oxygens (including phenoxy) is 1. The standard InChI is InChI=1S/C12H19NO.ClH/c1-3-11-6-4-7-12(10-11)14-9-5-8-13-2;/h4,6-7,10,13H,3,5,8-9H2,1-2H3;1H. The summed E-state index contributed by atoms with van der Waals surface area (Å²) in [5.41, 5.74) is 1.33. The van der Waals surface area contributed by atoms with E-state index in [1.165, 1.54) is 5.56 Å². The molecule has 0 amide bonds. The normalized spacial score (nSPS) is 9.47. The molecule has 2 nitrogen and oxygen atoms in total. The van der Waals surface area contributed by atoms with Gasteiger partial charge >= 0.3 is 0 Å². The van der Waals surface area contributed by atoms with E-state index in [1.807, 2.05) is 19.2 Å². The lowest BCUT2D eigenvalue weighted by atomic mass is 10.2. The van der Waals surface area contributed by atoms with Crippen molar-refractivity contribution in [3.63, 3.8) is 0 Å². The summed E-state index contributed by atoms with van der Waals surface area (Å²) in [6.07, 6.45) is 2.11. The van der Waals surface area contributed by atoms with Gasteiger partial charge in [0.15, 0.2) is 0 Å². The Bertz CT molecular complexity index is 266. The van der Waals surface area contributed by atoms with E-state index in [9.17, 15) is 0 Å². The van der Waals surface area contributed by atoms with Crippen molar-refractivity contribution in [1.82, 2.24) is 5.32 Å². The number of halogens is 1. The Kier molecular flexibility index (Phi) is 8.15. The molecule has 3 heteroatoms. The van der Waals surface area contributed by atoms with Crippen LogP contribution in [-0.4, -0.2) is 20.2 Å². The zero-order valence-electron chi connectivity index (χ0n) is 9.45. The van der Waals surface area contributed by atoms with Crippen molar-refractivity contribution in [2.75, 3.05) is 20.2 Å². The Balaban J connectivity index is 0.00000196. The van der Waals surface area contributed by atoms with Crippen molar-refractivity contribution in [3.8, 4) is 5.75 Å². The van der Waals surface area contributed by atoms with Crippen LogP contribution in [0.1, 0.15) is 18.9 Å². The quantitative estimate of drug-likeness (QED) is 0.758. The van der Waals surface area contributed by atoms with Gasteiger partial charge in [-0.25, -0.2) is 0 Å². The molecule has 1 aromatic carbocycles. The van der Waals surface area contributed by atoms with E-state index >= 15 is 0 Å². The topological polar surface area (TPSA) is 21.3 Å². The van der Waals surface area contributed by atoms with Crippen molar-refractivity contribution in [3.05, 3.63) is 29.8 Å². The van der Waals surface area contributed by atoms with Crippen LogP contribution in [0.15, 0.2) is 24.3 Å². The van der Waals surface area contributed by atoms with Gasteiger partial charge in [-0.05, 0) is 44.1 Å². The number of benzene rings is 1. The Labute approximate surface area is 98.4 Å². The molecule has 0 spiro atoms. The van der Waals surface area contributed by atoms with Gasteiger partial charge in [0, 0.05) is 0 Å². The highest BCUT2D eigenvalue weighted by molar-refractivity contribution is 5.85. The van der Waals surface area contributed by atoms with Crippen LogP contribution in [-0.2, 0) is 6.42 Å². The second-order valence-electron chi connectivity index (χ2n) is 3.31. The number of rotatable bonds is 6. The van der Waals surface area contributed by atoms with Crippen molar-refractivity contribution in [2.45, 2.75) is 19.8 Å². The molecule has 86 valence electrons. The van der Waals surface area contributed by atoms with E-state index in [0.717, 1.165) is 31.7 Å². The van der Waals surface area contributed by atoms with Crippen LogP contribution in [0.2, 0.25) is 0 Å². The fourth-order valence-corrected chi connectivity index (χ4v) is 1.29. The average molecular weight is 230 g/mol. The molecule has 0 aliphatic rings. The summed E-state index contributed by atoms with van der Waals surface area (Å²) in [7, 11) is 1.96. The van der Waals surface area contributed by atoms with Crippen LogP contribution in [0.25, 0.3) is 0 Å². The first-order valence-corrected chi connectivity index (χ1v) is 5.23. The van der Waals surface area contributed by atoms with Gasteiger partial charge in [-0.1, -0.05) is 19.1 Å². The van der Waals surface area contributed by atoms with Crippen LogP contribution < -0.4 is 10.1 Å². The molecule has 1 rings (SSSR count). The van der Waals surface area contributed by atoms with E-state index in [-0.39, 0.29) is 12.4 Å². The molecule has 0 unspecified atom stereocenters. The highest BCUT2D eigenvalue weighted by atomic mass is 35.5. The summed E-state index contributed by atoms with van der Waals surface area (Å²) < 4.78 is 5.61. The lowest BCUT2D eigenvalue weighted by Crippen LogP contribution is -2.11. The van der Waals surface area contributed by atoms with Gasteiger partial charge in [0.2, 0.25) is 0 Å². The fraction of sp³-hybridized carbons (Fsp3) is 0.500. The molecule has 0 aliphatic heterocycles. The van der Waals surface area contributed by atoms with Crippen molar-refractivity contribution >= 4 is 12.4 Å². The summed E-state index contributed by atoms with van der Waals surface area (Å²) in [6.45, 7) is 3.95. The summed E-state index contributed by atoms with van der Waals surface area (Å²) in [5.74, 6) is 0.987. The minimum Gasteiger partial charge on any atom is -0.494 e. The molecule has 0 aliphatic carbocycles. The van der Waals surface area contributed by atoms with E-state index in [1.54, 1.807) is 0 Å². The van der Waals surface area contributed by atoms with Crippen LogP contribution in [0.3, 0.4) is 0 Å². The molecule has 0 aromatic heterocycles. The summed E-state index contributed by atoms with van der Waals surface area (Å²) in [5, 5.41) is 3.10. The minimum absolute atomic E-state index is 0. The van der Waals surface area contributed by atoms with Crippen LogP contribution >= 0.6 is 12.4 Å². The van der Waals surface area contributed by atoms with E-state index in [2.05, 4.69) is 24.4 Å². The molecule has 0 fully saturated rings. The second kappa shape index (κ2) is 8.57. The van der Waals surface area contributed by atoms with Gasteiger partial charge in [-0.3, -0.25) is 0 Å². The Hall–Kier alpha value is -0.730. The van der Waals surface area contributed by atoms with Crippen LogP contribution in [0.5, 0.6) is 5.75 Å². The molecule has 0 bridgehead atoms. The van der Waals surface area contributed by atoms with Gasteiger partial charge in [0.05, 0.1) is 6.61 Å². The van der Waals surface area contributed by atoms with Gasteiger partial charge in [-0.15, -0.1) is 12.4 Å². The molecule has 0 saturated heterocycles. The first-order valence-electron chi connectivity index (χ1n) is 5.23. The molecule has 0 atom stereocenters. The molecular formula is C12H20ClNO. The van der Waals surface area contributed by atoms with Crippen LogP contribution in [0, 0.1) is 0 Å². The van der Waals surface area contributed by atoms with Gasteiger partial charge in [0.1, 0.15) is 5.75 Å².